The Bertz CT molecular complexity index is 1010. The van der Waals surface area contributed by atoms with Gasteiger partial charge < -0.3 is 10.1 Å². The third kappa shape index (κ3) is 5.80. The Morgan fingerprint density at radius 2 is 1.77 bits per heavy atom. The molecule has 1 aliphatic rings. The van der Waals surface area contributed by atoms with Gasteiger partial charge in [-0.3, -0.25) is 4.79 Å². The Kier molecular flexibility index (Phi) is 7.61. The molecule has 0 spiro atoms. The lowest BCUT2D eigenvalue weighted by Gasteiger charge is -2.33. The summed E-state index contributed by atoms with van der Waals surface area (Å²) in [5.41, 5.74) is -0.327. The van der Waals surface area contributed by atoms with Crippen molar-refractivity contribution < 1.29 is 26.7 Å². The van der Waals surface area contributed by atoms with Crippen molar-refractivity contribution in [2.24, 2.45) is 0 Å². The van der Waals surface area contributed by atoms with Gasteiger partial charge in [0, 0.05) is 12.1 Å². The quantitative estimate of drug-likeness (QED) is 0.647. The van der Waals surface area contributed by atoms with Gasteiger partial charge in [-0.25, -0.2) is 17.2 Å². The van der Waals surface area contributed by atoms with Crippen LogP contribution in [-0.2, 0) is 14.8 Å². The zero-order valence-corrected chi connectivity index (χ0v) is 18.1. The summed E-state index contributed by atoms with van der Waals surface area (Å²) in [6.45, 7) is 1.79. The molecule has 3 rings (SSSR count). The summed E-state index contributed by atoms with van der Waals surface area (Å²) in [6, 6.07) is 8.39. The Balaban J connectivity index is 1.85. The molecule has 31 heavy (non-hydrogen) atoms. The standard InChI is InChI=1S/C22H26F2N2O4S/c1-2-30-18-9-11-19(12-10-18)31(28,29)26(17-6-4-3-5-7-17)15-22(27)25-21-14-16(23)8-13-20(21)24/h8-14,17H,2-7,15H2,1H3,(H,25,27). The number of nitrogens with one attached hydrogen (secondary N) is 1. The molecule has 9 heteroatoms. The maximum atomic E-state index is 13.9. The summed E-state index contributed by atoms with van der Waals surface area (Å²) in [5.74, 6) is -1.69. The van der Waals surface area contributed by atoms with Gasteiger partial charge in [0.15, 0.2) is 0 Å². The molecule has 0 radical (unpaired) electrons. The first-order valence-corrected chi connectivity index (χ1v) is 11.7. The molecule has 0 atom stereocenters. The highest BCUT2D eigenvalue weighted by molar-refractivity contribution is 7.89. The van der Waals surface area contributed by atoms with Crippen molar-refractivity contribution in [3.63, 3.8) is 0 Å². The van der Waals surface area contributed by atoms with Gasteiger partial charge in [0.05, 0.1) is 23.7 Å². The summed E-state index contributed by atoms with van der Waals surface area (Å²) in [7, 11) is -3.99. The molecule has 0 heterocycles. The van der Waals surface area contributed by atoms with E-state index in [1.54, 1.807) is 12.1 Å². The van der Waals surface area contributed by atoms with Crippen LogP contribution in [0, 0.1) is 11.6 Å². The zero-order chi connectivity index (χ0) is 22.4. The summed E-state index contributed by atoms with van der Waals surface area (Å²) in [4.78, 5) is 12.7. The van der Waals surface area contributed by atoms with E-state index in [4.69, 9.17) is 4.74 Å². The number of benzene rings is 2. The van der Waals surface area contributed by atoms with Gasteiger partial charge in [-0.05, 0) is 56.2 Å². The van der Waals surface area contributed by atoms with Gasteiger partial charge in [0.25, 0.3) is 0 Å². The van der Waals surface area contributed by atoms with Crippen LogP contribution in [-0.4, -0.2) is 37.8 Å². The van der Waals surface area contributed by atoms with Crippen LogP contribution in [0.15, 0.2) is 47.4 Å². The lowest BCUT2D eigenvalue weighted by atomic mass is 9.95. The van der Waals surface area contributed by atoms with Crippen molar-refractivity contribution in [1.82, 2.24) is 4.31 Å². The third-order valence-corrected chi connectivity index (χ3v) is 7.14. The monoisotopic (exact) mass is 452 g/mol. The van der Waals surface area contributed by atoms with Crippen molar-refractivity contribution in [3.05, 3.63) is 54.1 Å². The number of nitrogens with zero attached hydrogens (tertiary/aromatic N) is 1. The van der Waals surface area contributed by atoms with E-state index in [0.717, 1.165) is 37.5 Å². The minimum Gasteiger partial charge on any atom is -0.494 e. The Morgan fingerprint density at radius 3 is 2.42 bits per heavy atom. The van der Waals surface area contributed by atoms with Crippen LogP contribution in [0.4, 0.5) is 14.5 Å². The largest absolute Gasteiger partial charge is 0.494 e. The van der Waals surface area contributed by atoms with E-state index in [1.807, 2.05) is 6.92 Å². The molecule has 2 aromatic carbocycles. The summed E-state index contributed by atoms with van der Waals surface area (Å²) in [6.07, 6.45) is 4.00. The normalized spacial score (nSPS) is 15.1. The highest BCUT2D eigenvalue weighted by Gasteiger charge is 2.34. The highest BCUT2D eigenvalue weighted by atomic mass is 32.2. The molecular weight excluding hydrogens is 426 g/mol. The van der Waals surface area contributed by atoms with Crippen LogP contribution in [0.1, 0.15) is 39.0 Å². The highest BCUT2D eigenvalue weighted by Crippen LogP contribution is 2.29. The third-order valence-electron chi connectivity index (χ3n) is 5.23. The van der Waals surface area contributed by atoms with Gasteiger partial charge in [-0.15, -0.1) is 0 Å². The lowest BCUT2D eigenvalue weighted by molar-refractivity contribution is -0.116. The number of anilines is 1. The van der Waals surface area contributed by atoms with E-state index < -0.39 is 34.1 Å². The smallest absolute Gasteiger partial charge is 0.243 e. The van der Waals surface area contributed by atoms with E-state index in [2.05, 4.69) is 5.32 Å². The number of carbonyl (C=O) groups is 1. The van der Waals surface area contributed by atoms with Crippen molar-refractivity contribution in [2.45, 2.75) is 50.0 Å². The second kappa shape index (κ2) is 10.2. The first kappa shape index (κ1) is 23.1. The molecule has 1 amide bonds. The van der Waals surface area contributed by atoms with Crippen molar-refractivity contribution in [1.29, 1.82) is 0 Å². The number of ether oxygens (including phenoxy) is 1. The average molecular weight is 453 g/mol. The SMILES string of the molecule is CCOc1ccc(S(=O)(=O)N(CC(=O)Nc2cc(F)ccc2F)C2CCCCC2)cc1. The molecule has 0 unspecified atom stereocenters. The second-order valence-corrected chi connectivity index (χ2v) is 9.31. The molecule has 0 aromatic heterocycles. The van der Waals surface area contributed by atoms with Gasteiger partial charge in [-0.2, -0.15) is 4.31 Å². The molecular formula is C22H26F2N2O4S. The second-order valence-electron chi connectivity index (χ2n) is 7.42. The first-order chi connectivity index (χ1) is 14.8. The Hall–Kier alpha value is -2.52. The van der Waals surface area contributed by atoms with Crippen LogP contribution in [0.5, 0.6) is 5.75 Å². The summed E-state index contributed by atoms with van der Waals surface area (Å²) >= 11 is 0. The lowest BCUT2D eigenvalue weighted by Crippen LogP contribution is -2.45. The van der Waals surface area contributed by atoms with Gasteiger partial charge in [-0.1, -0.05) is 19.3 Å². The molecule has 0 saturated heterocycles. The minimum atomic E-state index is -3.99. The number of amides is 1. The Labute approximate surface area is 181 Å². The number of rotatable bonds is 8. The molecule has 168 valence electrons. The fraction of sp³-hybridized carbons (Fsp3) is 0.409. The predicted octanol–water partition coefficient (Wildman–Crippen LogP) is 4.33. The maximum Gasteiger partial charge on any atom is 0.243 e. The molecule has 1 fully saturated rings. The molecule has 1 N–H and O–H groups in total. The van der Waals surface area contributed by atoms with Gasteiger partial charge in [0.2, 0.25) is 15.9 Å². The molecule has 0 aliphatic heterocycles. The molecule has 2 aromatic rings. The van der Waals surface area contributed by atoms with Crippen LogP contribution in [0.2, 0.25) is 0 Å². The number of sulfonamides is 1. The van der Waals surface area contributed by atoms with Crippen molar-refractivity contribution in [2.75, 3.05) is 18.5 Å². The number of halogens is 2. The van der Waals surface area contributed by atoms with Crippen LogP contribution in [0.3, 0.4) is 0 Å². The molecule has 1 aliphatic carbocycles. The van der Waals surface area contributed by atoms with Gasteiger partial charge in [0.1, 0.15) is 17.4 Å². The van der Waals surface area contributed by atoms with Crippen LogP contribution in [0.25, 0.3) is 0 Å². The Morgan fingerprint density at radius 1 is 1.10 bits per heavy atom. The first-order valence-electron chi connectivity index (χ1n) is 10.3. The summed E-state index contributed by atoms with van der Waals surface area (Å²) in [5, 5.41) is 2.29. The van der Waals surface area contributed by atoms with Crippen LogP contribution >= 0.6 is 0 Å². The van der Waals surface area contributed by atoms with Crippen molar-refractivity contribution >= 4 is 21.6 Å². The fourth-order valence-electron chi connectivity index (χ4n) is 3.71. The topological polar surface area (TPSA) is 75.7 Å². The van der Waals surface area contributed by atoms with Crippen molar-refractivity contribution in [3.8, 4) is 5.75 Å². The van der Waals surface area contributed by atoms with Gasteiger partial charge >= 0.3 is 0 Å². The van der Waals surface area contributed by atoms with E-state index >= 15 is 0 Å². The zero-order valence-electron chi connectivity index (χ0n) is 17.3. The van der Waals surface area contributed by atoms with E-state index in [0.29, 0.717) is 25.2 Å². The molecule has 0 bridgehead atoms. The predicted molar refractivity (Wildman–Crippen MR) is 113 cm³/mol. The van der Waals surface area contributed by atoms with E-state index in [1.165, 1.54) is 16.4 Å². The number of carbonyl (C=O) groups excluding carboxylic acids is 1. The molecule has 6 nitrogen and oxygen atoms in total. The fourth-order valence-corrected chi connectivity index (χ4v) is 5.36. The number of hydrogen-bond acceptors (Lipinski definition) is 4. The van der Waals surface area contributed by atoms with Crippen LogP contribution < -0.4 is 10.1 Å². The summed E-state index contributed by atoms with van der Waals surface area (Å²) < 4.78 is 60.6. The minimum absolute atomic E-state index is 0.0475. The van der Waals surface area contributed by atoms with E-state index in [-0.39, 0.29) is 16.6 Å². The van der Waals surface area contributed by atoms with E-state index in [9.17, 15) is 22.0 Å². The average Bonchev–Trinajstić information content (AvgIpc) is 2.76. The number of hydrogen-bond donors (Lipinski definition) is 1. The maximum absolute atomic E-state index is 13.9. The molecule has 1 saturated carbocycles.